The number of rotatable bonds is 6. The Morgan fingerprint density at radius 2 is 2.15 bits per heavy atom. The first-order valence-corrected chi connectivity index (χ1v) is 7.92. The third-order valence-electron chi connectivity index (χ3n) is 4.22. The van der Waals surface area contributed by atoms with E-state index in [0.29, 0.717) is 6.04 Å². The maximum Gasteiger partial charge on any atom is 0.141 e. The van der Waals surface area contributed by atoms with Gasteiger partial charge in [-0.25, -0.2) is 9.67 Å². The molecule has 1 saturated heterocycles. The fourth-order valence-electron chi connectivity index (χ4n) is 2.88. The smallest absolute Gasteiger partial charge is 0.141 e. The van der Waals surface area contributed by atoms with Gasteiger partial charge in [-0.3, -0.25) is 4.90 Å². The Kier molecular flexibility index (Phi) is 5.16. The summed E-state index contributed by atoms with van der Waals surface area (Å²) in [5.74, 6) is 1.09. The Bertz CT molecular complexity index is 412. The van der Waals surface area contributed by atoms with E-state index >= 15 is 0 Å². The molecule has 20 heavy (non-hydrogen) atoms. The molecule has 1 aliphatic rings. The summed E-state index contributed by atoms with van der Waals surface area (Å²) in [6.07, 6.45) is 5.26. The first kappa shape index (κ1) is 15.4. The van der Waals surface area contributed by atoms with Gasteiger partial charge in [0.1, 0.15) is 12.2 Å². The zero-order valence-electron chi connectivity index (χ0n) is 13.4. The summed E-state index contributed by atoms with van der Waals surface area (Å²) in [6.45, 7) is 13.0. The number of aromatic nitrogens is 3. The molecule has 2 rings (SSSR count). The van der Waals surface area contributed by atoms with E-state index in [1.165, 1.54) is 12.8 Å². The fourth-order valence-corrected chi connectivity index (χ4v) is 2.88. The molecule has 0 amide bonds. The van der Waals surface area contributed by atoms with E-state index in [2.05, 4.69) is 48.0 Å². The number of piperazine rings is 1. The van der Waals surface area contributed by atoms with Gasteiger partial charge < -0.3 is 5.32 Å². The Labute approximate surface area is 122 Å². The molecule has 1 unspecified atom stereocenters. The highest BCUT2D eigenvalue weighted by atomic mass is 15.4. The highest BCUT2D eigenvalue weighted by Crippen LogP contribution is 2.22. The average molecular weight is 279 g/mol. The van der Waals surface area contributed by atoms with Crippen LogP contribution in [0.25, 0.3) is 0 Å². The molecule has 1 aromatic heterocycles. The molecule has 5 heteroatoms. The fraction of sp³-hybridized carbons (Fsp3) is 0.867. The Morgan fingerprint density at radius 3 is 2.85 bits per heavy atom. The lowest BCUT2D eigenvalue weighted by Crippen LogP contribution is -2.61. The molecule has 1 atom stereocenters. The molecule has 0 spiro atoms. The minimum Gasteiger partial charge on any atom is -0.311 e. The topological polar surface area (TPSA) is 46.0 Å². The largest absolute Gasteiger partial charge is 0.311 e. The van der Waals surface area contributed by atoms with Gasteiger partial charge in [-0.1, -0.05) is 20.3 Å². The second-order valence-electron chi connectivity index (χ2n) is 6.46. The predicted octanol–water partition coefficient (Wildman–Crippen LogP) is 2.04. The van der Waals surface area contributed by atoms with Crippen LogP contribution < -0.4 is 5.32 Å². The third-order valence-corrected chi connectivity index (χ3v) is 4.22. The molecule has 1 fully saturated rings. The van der Waals surface area contributed by atoms with Gasteiger partial charge in [-0.2, -0.15) is 5.10 Å². The van der Waals surface area contributed by atoms with Crippen LogP contribution in [0, 0.1) is 0 Å². The third kappa shape index (κ3) is 3.58. The van der Waals surface area contributed by atoms with Gasteiger partial charge in [0.05, 0.1) is 6.54 Å². The van der Waals surface area contributed by atoms with Gasteiger partial charge in [0.15, 0.2) is 0 Å². The number of hydrogen-bond acceptors (Lipinski definition) is 4. The van der Waals surface area contributed by atoms with E-state index in [1.807, 2.05) is 4.68 Å². The van der Waals surface area contributed by atoms with Crippen molar-refractivity contribution >= 4 is 0 Å². The molecular weight excluding hydrogens is 250 g/mol. The number of aryl methyl sites for hydroxylation is 1. The van der Waals surface area contributed by atoms with Crippen LogP contribution in [0.1, 0.15) is 52.8 Å². The first-order valence-electron chi connectivity index (χ1n) is 7.92. The zero-order chi connectivity index (χ0) is 14.6. The molecule has 1 N–H and O–H groups in total. The van der Waals surface area contributed by atoms with Crippen molar-refractivity contribution in [1.29, 1.82) is 0 Å². The number of hydrogen-bond donors (Lipinski definition) is 1. The minimum atomic E-state index is 0.174. The van der Waals surface area contributed by atoms with Crippen molar-refractivity contribution in [2.75, 3.05) is 13.1 Å². The molecule has 1 aromatic rings. The highest BCUT2D eigenvalue weighted by Gasteiger charge is 2.34. The summed E-state index contributed by atoms with van der Waals surface area (Å²) >= 11 is 0. The minimum absolute atomic E-state index is 0.174. The standard InChI is InChI=1S/C15H29N5/c1-5-7-13-9-19(15(3,4)11-16-13)10-14-17-12-18-20(14)8-6-2/h12-13,16H,5-11H2,1-4H3. The second-order valence-corrected chi connectivity index (χ2v) is 6.46. The lowest BCUT2D eigenvalue weighted by atomic mass is 9.96. The van der Waals surface area contributed by atoms with Crippen LogP contribution in [0.4, 0.5) is 0 Å². The molecule has 0 aromatic carbocycles. The van der Waals surface area contributed by atoms with Crippen molar-refractivity contribution in [1.82, 2.24) is 25.0 Å². The van der Waals surface area contributed by atoms with Crippen LogP contribution in [-0.2, 0) is 13.1 Å². The SMILES string of the molecule is CCCC1CN(Cc2ncnn2CCC)C(C)(C)CN1. The first-order chi connectivity index (χ1) is 9.56. The quantitative estimate of drug-likeness (QED) is 0.865. The molecule has 2 heterocycles. The van der Waals surface area contributed by atoms with Crippen LogP contribution in [0.15, 0.2) is 6.33 Å². The molecule has 0 saturated carbocycles. The highest BCUT2D eigenvalue weighted by molar-refractivity contribution is 4.96. The summed E-state index contributed by atoms with van der Waals surface area (Å²) in [5.41, 5.74) is 0.174. The van der Waals surface area contributed by atoms with Crippen molar-refractivity contribution < 1.29 is 0 Å². The van der Waals surface area contributed by atoms with Gasteiger partial charge in [0, 0.05) is 31.2 Å². The van der Waals surface area contributed by atoms with Gasteiger partial charge >= 0.3 is 0 Å². The second kappa shape index (κ2) is 6.68. The Balaban J connectivity index is 2.06. The number of nitrogens with one attached hydrogen (secondary N) is 1. The lowest BCUT2D eigenvalue weighted by Gasteiger charge is -2.46. The van der Waals surface area contributed by atoms with Crippen LogP contribution in [-0.4, -0.2) is 44.3 Å². The van der Waals surface area contributed by atoms with E-state index in [4.69, 9.17) is 0 Å². The summed E-state index contributed by atoms with van der Waals surface area (Å²) in [7, 11) is 0. The van der Waals surface area contributed by atoms with Gasteiger partial charge in [0.2, 0.25) is 0 Å². The molecule has 1 aliphatic heterocycles. The summed E-state index contributed by atoms with van der Waals surface area (Å²) < 4.78 is 2.05. The van der Waals surface area contributed by atoms with Gasteiger partial charge in [-0.05, 0) is 26.7 Å². The van der Waals surface area contributed by atoms with Gasteiger partial charge in [0.25, 0.3) is 0 Å². The van der Waals surface area contributed by atoms with E-state index in [9.17, 15) is 0 Å². The van der Waals surface area contributed by atoms with Gasteiger partial charge in [-0.15, -0.1) is 0 Å². The molecular formula is C15H29N5. The maximum absolute atomic E-state index is 4.46. The normalized spacial score (nSPS) is 23.1. The zero-order valence-corrected chi connectivity index (χ0v) is 13.4. The molecule has 5 nitrogen and oxygen atoms in total. The van der Waals surface area contributed by atoms with E-state index in [0.717, 1.165) is 38.4 Å². The Morgan fingerprint density at radius 1 is 1.35 bits per heavy atom. The van der Waals surface area contributed by atoms with Crippen molar-refractivity contribution in [3.05, 3.63) is 12.2 Å². The summed E-state index contributed by atoms with van der Waals surface area (Å²) in [5, 5.41) is 8.01. The van der Waals surface area contributed by atoms with Crippen LogP contribution in [0.3, 0.4) is 0 Å². The van der Waals surface area contributed by atoms with E-state index < -0.39 is 0 Å². The summed E-state index contributed by atoms with van der Waals surface area (Å²) in [4.78, 5) is 7.01. The lowest BCUT2D eigenvalue weighted by molar-refractivity contribution is 0.0526. The van der Waals surface area contributed by atoms with Crippen molar-refractivity contribution in [3.63, 3.8) is 0 Å². The molecule has 0 bridgehead atoms. The predicted molar refractivity (Wildman–Crippen MR) is 81.5 cm³/mol. The van der Waals surface area contributed by atoms with E-state index in [1.54, 1.807) is 6.33 Å². The van der Waals surface area contributed by atoms with Crippen LogP contribution in [0.5, 0.6) is 0 Å². The molecule has 0 aliphatic carbocycles. The molecule has 114 valence electrons. The maximum atomic E-state index is 4.46. The number of nitrogens with zero attached hydrogens (tertiary/aromatic N) is 4. The average Bonchev–Trinajstić information content (AvgIpc) is 2.82. The molecule has 0 radical (unpaired) electrons. The van der Waals surface area contributed by atoms with E-state index in [-0.39, 0.29) is 5.54 Å². The van der Waals surface area contributed by atoms with Crippen LogP contribution >= 0.6 is 0 Å². The van der Waals surface area contributed by atoms with Crippen molar-refractivity contribution in [2.45, 2.75) is 71.6 Å². The monoisotopic (exact) mass is 279 g/mol. The van der Waals surface area contributed by atoms with Crippen molar-refractivity contribution in [3.8, 4) is 0 Å². The van der Waals surface area contributed by atoms with Crippen LogP contribution in [0.2, 0.25) is 0 Å². The Hall–Kier alpha value is -0.940. The van der Waals surface area contributed by atoms with Crippen molar-refractivity contribution in [2.24, 2.45) is 0 Å². The summed E-state index contributed by atoms with van der Waals surface area (Å²) in [6, 6.07) is 0.607.